The molecule has 4 heteroatoms. The van der Waals surface area contributed by atoms with Gasteiger partial charge in [0.1, 0.15) is 6.04 Å². The topological polar surface area (TPSA) is 49.4 Å². The summed E-state index contributed by atoms with van der Waals surface area (Å²) in [6.07, 6.45) is 2.03. The van der Waals surface area contributed by atoms with Crippen molar-refractivity contribution in [1.29, 1.82) is 0 Å². The van der Waals surface area contributed by atoms with Gasteiger partial charge >= 0.3 is 0 Å². The summed E-state index contributed by atoms with van der Waals surface area (Å²) in [7, 11) is 0. The summed E-state index contributed by atoms with van der Waals surface area (Å²) in [5.41, 5.74) is -0.247. The minimum atomic E-state index is -0.407. The zero-order chi connectivity index (χ0) is 14.8. The third kappa shape index (κ3) is 4.22. The van der Waals surface area contributed by atoms with Gasteiger partial charge in [0.05, 0.1) is 6.54 Å². The molecule has 0 aromatic heterocycles. The van der Waals surface area contributed by atoms with E-state index < -0.39 is 6.04 Å². The molecule has 2 amide bonds. The summed E-state index contributed by atoms with van der Waals surface area (Å²) < 4.78 is 0. The van der Waals surface area contributed by atoms with Gasteiger partial charge < -0.3 is 10.2 Å². The first-order chi connectivity index (χ1) is 8.62. The quantitative estimate of drug-likeness (QED) is 0.849. The Morgan fingerprint density at radius 2 is 1.79 bits per heavy atom. The molecule has 0 aromatic rings. The molecule has 0 bridgehead atoms. The van der Waals surface area contributed by atoms with Gasteiger partial charge in [0.25, 0.3) is 0 Å². The maximum absolute atomic E-state index is 12.5. The molecule has 1 aliphatic heterocycles. The second-order valence-corrected chi connectivity index (χ2v) is 7.15. The van der Waals surface area contributed by atoms with Gasteiger partial charge in [-0.3, -0.25) is 9.59 Å². The molecule has 2 atom stereocenters. The van der Waals surface area contributed by atoms with Gasteiger partial charge in [-0.15, -0.1) is 0 Å². The van der Waals surface area contributed by atoms with Crippen LogP contribution in [-0.4, -0.2) is 35.3 Å². The van der Waals surface area contributed by atoms with E-state index in [1.807, 2.05) is 27.7 Å². The molecule has 1 aliphatic rings. The van der Waals surface area contributed by atoms with Gasteiger partial charge in [0.2, 0.25) is 11.8 Å². The van der Waals surface area contributed by atoms with Crippen LogP contribution in [0.4, 0.5) is 0 Å². The molecule has 1 heterocycles. The molecule has 1 saturated heterocycles. The number of amides is 2. The molecule has 19 heavy (non-hydrogen) atoms. The van der Waals surface area contributed by atoms with Crippen molar-refractivity contribution in [2.24, 2.45) is 11.3 Å². The predicted octanol–water partition coefficient (Wildman–Crippen LogP) is 2.18. The van der Waals surface area contributed by atoms with Crippen molar-refractivity contribution in [1.82, 2.24) is 10.2 Å². The van der Waals surface area contributed by atoms with Gasteiger partial charge in [-0.05, 0) is 31.1 Å². The molecule has 0 spiro atoms. The Hall–Kier alpha value is -1.06. The molecule has 1 N–H and O–H groups in total. The average Bonchev–Trinajstić information content (AvgIpc) is 2.27. The Labute approximate surface area is 116 Å². The number of nitrogens with one attached hydrogen (secondary N) is 1. The summed E-state index contributed by atoms with van der Waals surface area (Å²) >= 11 is 0. The van der Waals surface area contributed by atoms with E-state index in [1.165, 1.54) is 0 Å². The van der Waals surface area contributed by atoms with Crippen LogP contribution in [0.25, 0.3) is 0 Å². The third-order valence-corrected chi connectivity index (χ3v) is 3.71. The number of hydrogen-bond acceptors (Lipinski definition) is 2. The Kier molecular flexibility index (Phi) is 4.99. The van der Waals surface area contributed by atoms with Crippen molar-refractivity contribution in [3.05, 3.63) is 0 Å². The van der Waals surface area contributed by atoms with E-state index >= 15 is 0 Å². The smallest absolute Gasteiger partial charge is 0.246 e. The molecule has 0 aliphatic carbocycles. The van der Waals surface area contributed by atoms with Crippen LogP contribution in [0.1, 0.15) is 54.4 Å². The highest BCUT2D eigenvalue weighted by Crippen LogP contribution is 2.25. The summed E-state index contributed by atoms with van der Waals surface area (Å²) in [6.45, 7) is 12.5. The Morgan fingerprint density at radius 3 is 2.26 bits per heavy atom. The van der Waals surface area contributed by atoms with E-state index in [2.05, 4.69) is 19.2 Å². The van der Waals surface area contributed by atoms with E-state index in [0.717, 1.165) is 12.8 Å². The van der Waals surface area contributed by atoms with Crippen molar-refractivity contribution in [3.63, 3.8) is 0 Å². The van der Waals surface area contributed by atoms with Crippen molar-refractivity contribution in [3.8, 4) is 0 Å². The van der Waals surface area contributed by atoms with Crippen molar-refractivity contribution in [2.45, 2.75) is 66.5 Å². The largest absolute Gasteiger partial charge is 0.342 e. The van der Waals surface area contributed by atoms with Gasteiger partial charge in [-0.1, -0.05) is 34.6 Å². The van der Waals surface area contributed by atoms with Crippen LogP contribution in [0.3, 0.4) is 0 Å². The lowest BCUT2D eigenvalue weighted by Gasteiger charge is -2.41. The maximum Gasteiger partial charge on any atom is 0.246 e. The van der Waals surface area contributed by atoms with E-state index in [1.54, 1.807) is 4.90 Å². The number of carbonyl (C=O) groups excluding carboxylic acids is 2. The lowest BCUT2D eigenvalue weighted by molar-refractivity contribution is -0.149. The zero-order valence-corrected chi connectivity index (χ0v) is 13.1. The molecule has 0 radical (unpaired) electrons. The standard InChI is InChI=1S/C15H28N2O2/c1-10(2)7-8-11(3)17-9-12(18)16-13(14(17)19)15(4,5)6/h10-11,13H,7-9H2,1-6H3,(H,16,18). The van der Waals surface area contributed by atoms with Crippen LogP contribution >= 0.6 is 0 Å². The van der Waals surface area contributed by atoms with Crippen molar-refractivity contribution >= 4 is 11.8 Å². The Bertz CT molecular complexity index is 345. The minimum absolute atomic E-state index is 0.0454. The highest BCUT2D eigenvalue weighted by molar-refractivity contribution is 5.95. The SMILES string of the molecule is CC(C)CCC(C)N1CC(=O)NC(C(C)(C)C)C1=O. The van der Waals surface area contributed by atoms with Crippen molar-refractivity contribution in [2.75, 3.05) is 6.54 Å². The van der Waals surface area contributed by atoms with Gasteiger partial charge in [0, 0.05) is 6.04 Å². The second-order valence-electron chi connectivity index (χ2n) is 7.15. The molecule has 110 valence electrons. The lowest BCUT2D eigenvalue weighted by Crippen LogP contribution is -2.63. The van der Waals surface area contributed by atoms with Gasteiger partial charge in [-0.2, -0.15) is 0 Å². The second kappa shape index (κ2) is 5.93. The summed E-state index contributed by atoms with van der Waals surface area (Å²) in [4.78, 5) is 26.1. The molecule has 0 saturated carbocycles. The molecular weight excluding hydrogens is 240 g/mol. The third-order valence-electron chi connectivity index (χ3n) is 3.71. The van der Waals surface area contributed by atoms with E-state index in [4.69, 9.17) is 0 Å². The minimum Gasteiger partial charge on any atom is -0.342 e. The van der Waals surface area contributed by atoms with Gasteiger partial charge in [0.15, 0.2) is 0 Å². The zero-order valence-electron chi connectivity index (χ0n) is 13.1. The molecule has 1 fully saturated rings. The van der Waals surface area contributed by atoms with Gasteiger partial charge in [-0.25, -0.2) is 0 Å². The van der Waals surface area contributed by atoms with E-state index in [0.29, 0.717) is 5.92 Å². The highest BCUT2D eigenvalue weighted by Gasteiger charge is 2.41. The molecule has 1 rings (SSSR count). The first kappa shape index (κ1) is 16.0. The molecular formula is C15H28N2O2. The Balaban J connectivity index is 2.77. The highest BCUT2D eigenvalue weighted by atomic mass is 16.2. The van der Waals surface area contributed by atoms with Crippen LogP contribution < -0.4 is 5.32 Å². The fourth-order valence-corrected chi connectivity index (χ4v) is 2.36. The van der Waals surface area contributed by atoms with Crippen LogP contribution in [0.5, 0.6) is 0 Å². The molecule has 2 unspecified atom stereocenters. The van der Waals surface area contributed by atoms with Crippen LogP contribution in [0.2, 0.25) is 0 Å². The summed E-state index contributed by atoms with van der Waals surface area (Å²) in [5, 5.41) is 2.83. The lowest BCUT2D eigenvalue weighted by atomic mass is 9.84. The molecule has 0 aromatic carbocycles. The molecule has 4 nitrogen and oxygen atoms in total. The number of hydrogen-bond donors (Lipinski definition) is 1. The first-order valence-corrected chi connectivity index (χ1v) is 7.22. The normalized spacial score (nSPS) is 22.7. The fourth-order valence-electron chi connectivity index (χ4n) is 2.36. The van der Waals surface area contributed by atoms with E-state index in [-0.39, 0.29) is 29.8 Å². The first-order valence-electron chi connectivity index (χ1n) is 7.22. The monoisotopic (exact) mass is 268 g/mol. The summed E-state index contributed by atoms with van der Waals surface area (Å²) in [6, 6.07) is -0.277. The summed E-state index contributed by atoms with van der Waals surface area (Å²) in [5.74, 6) is 0.633. The number of piperazine rings is 1. The average molecular weight is 268 g/mol. The fraction of sp³-hybridized carbons (Fsp3) is 0.867. The van der Waals surface area contributed by atoms with Crippen molar-refractivity contribution < 1.29 is 9.59 Å². The van der Waals surface area contributed by atoms with Crippen LogP contribution in [0, 0.1) is 11.3 Å². The van der Waals surface area contributed by atoms with Crippen LogP contribution in [0.15, 0.2) is 0 Å². The number of nitrogens with zero attached hydrogens (tertiary/aromatic N) is 1. The van der Waals surface area contributed by atoms with E-state index in [9.17, 15) is 9.59 Å². The maximum atomic E-state index is 12.5. The number of carbonyl (C=O) groups is 2. The number of rotatable bonds is 4. The predicted molar refractivity (Wildman–Crippen MR) is 76.6 cm³/mol. The Morgan fingerprint density at radius 1 is 1.21 bits per heavy atom. The van der Waals surface area contributed by atoms with Crippen LogP contribution in [-0.2, 0) is 9.59 Å².